The van der Waals surface area contributed by atoms with Crippen LogP contribution < -0.4 is 15.0 Å². The Bertz CT molecular complexity index is 995. The molecule has 34 heavy (non-hydrogen) atoms. The Hall–Kier alpha value is -3.08. The van der Waals surface area contributed by atoms with Gasteiger partial charge in [-0.25, -0.2) is 4.79 Å². The number of methoxy groups -OCH3 is 1. The van der Waals surface area contributed by atoms with Crippen LogP contribution in [-0.2, 0) is 9.47 Å². The molecule has 1 unspecified atom stereocenters. The van der Waals surface area contributed by atoms with Crippen LogP contribution in [0.25, 0.3) is 0 Å². The Balaban J connectivity index is 1.38. The van der Waals surface area contributed by atoms with E-state index in [9.17, 15) is 4.79 Å². The highest BCUT2D eigenvalue weighted by molar-refractivity contribution is 5.68. The molecule has 3 saturated heterocycles. The van der Waals surface area contributed by atoms with Crippen molar-refractivity contribution in [2.45, 2.75) is 69.7 Å². The zero-order valence-electron chi connectivity index (χ0n) is 20.0. The Labute approximate surface area is 199 Å². The zero-order valence-corrected chi connectivity index (χ0v) is 20.0. The number of carbonyl (C=O) groups is 1. The lowest BCUT2D eigenvalue weighted by molar-refractivity contribution is 0.0260. The first-order chi connectivity index (χ1) is 16.5. The molecule has 2 bridgehead atoms. The van der Waals surface area contributed by atoms with Crippen LogP contribution in [0.2, 0.25) is 0 Å². The van der Waals surface area contributed by atoms with Crippen molar-refractivity contribution in [2.75, 3.05) is 37.6 Å². The molecular formula is C23H33N7O4. The van der Waals surface area contributed by atoms with Gasteiger partial charge in [0.15, 0.2) is 5.82 Å². The fourth-order valence-electron chi connectivity index (χ4n) is 5.32. The lowest BCUT2D eigenvalue weighted by atomic mass is 9.81. The second-order valence-electron chi connectivity index (χ2n) is 9.41. The number of hydrogen-bond donors (Lipinski definition) is 2. The van der Waals surface area contributed by atoms with Gasteiger partial charge in [-0.05, 0) is 39.0 Å². The van der Waals surface area contributed by atoms with E-state index >= 15 is 0 Å². The minimum Gasteiger partial charge on any atom is -0.472 e. The van der Waals surface area contributed by atoms with E-state index in [1.54, 1.807) is 6.07 Å². The molecule has 4 atom stereocenters. The number of aryl methyl sites for hydroxylation is 1. The van der Waals surface area contributed by atoms with Gasteiger partial charge in [0.05, 0.1) is 20.3 Å². The van der Waals surface area contributed by atoms with Crippen molar-refractivity contribution in [3.8, 4) is 5.88 Å². The molecule has 184 valence electrons. The molecule has 0 radical (unpaired) electrons. The number of hydrogen-bond acceptors (Lipinski definition) is 9. The molecule has 11 heteroatoms. The van der Waals surface area contributed by atoms with Gasteiger partial charge in [-0.2, -0.15) is 15.1 Å². The van der Waals surface area contributed by atoms with Crippen LogP contribution in [-0.4, -0.2) is 82.8 Å². The summed E-state index contributed by atoms with van der Waals surface area (Å²) in [6.45, 7) is 3.21. The van der Waals surface area contributed by atoms with Crippen molar-refractivity contribution in [2.24, 2.45) is 0 Å². The summed E-state index contributed by atoms with van der Waals surface area (Å²) in [7, 11) is 3.48. The number of aromatic nitrogens is 4. The predicted molar refractivity (Wildman–Crippen MR) is 126 cm³/mol. The second-order valence-corrected chi connectivity index (χ2v) is 9.41. The number of ether oxygens (including phenoxy) is 3. The van der Waals surface area contributed by atoms with Crippen LogP contribution in [0.4, 0.5) is 22.4 Å². The van der Waals surface area contributed by atoms with E-state index in [0.717, 1.165) is 44.2 Å². The fourth-order valence-corrected chi connectivity index (χ4v) is 5.32. The molecule has 3 aliphatic rings. The summed E-state index contributed by atoms with van der Waals surface area (Å²) in [5, 5.41) is 10.5. The van der Waals surface area contributed by atoms with E-state index in [4.69, 9.17) is 24.2 Å². The summed E-state index contributed by atoms with van der Waals surface area (Å²) in [4.78, 5) is 26.0. The number of fused-ring (bicyclic) bond motifs is 2. The van der Waals surface area contributed by atoms with Crippen LogP contribution in [0.5, 0.6) is 5.88 Å². The Morgan fingerprint density at radius 2 is 2.00 bits per heavy atom. The molecule has 5 heterocycles. The van der Waals surface area contributed by atoms with Gasteiger partial charge in [0.1, 0.15) is 11.9 Å². The summed E-state index contributed by atoms with van der Waals surface area (Å²) in [6, 6.07) is 4.27. The second kappa shape index (κ2) is 9.65. The molecule has 0 spiro atoms. The van der Waals surface area contributed by atoms with E-state index < -0.39 is 0 Å². The van der Waals surface area contributed by atoms with E-state index in [0.29, 0.717) is 36.7 Å². The highest BCUT2D eigenvalue weighted by atomic mass is 16.6. The van der Waals surface area contributed by atoms with E-state index in [-0.39, 0.29) is 30.3 Å². The van der Waals surface area contributed by atoms with Gasteiger partial charge in [-0.1, -0.05) is 0 Å². The number of carbonyl (C=O) groups excluding carboxylic acids is 1. The van der Waals surface area contributed by atoms with Crippen LogP contribution in [0, 0.1) is 6.92 Å². The largest absolute Gasteiger partial charge is 0.472 e. The SMILES string of the molecule is COC(=O)N1[C@@H]2CCC[C@H]1CC(N(C)c1nc(Nc3cc(C)[nH]n3)cc(O[C@@H]3CCOC3)n1)C2. The van der Waals surface area contributed by atoms with Crippen LogP contribution >= 0.6 is 0 Å². The highest BCUT2D eigenvalue weighted by Gasteiger charge is 2.43. The molecule has 0 aliphatic carbocycles. The smallest absolute Gasteiger partial charge is 0.409 e. The molecule has 2 aromatic heterocycles. The van der Waals surface area contributed by atoms with Gasteiger partial charge in [-0.3, -0.25) is 5.10 Å². The summed E-state index contributed by atoms with van der Waals surface area (Å²) in [5.74, 6) is 2.39. The topological polar surface area (TPSA) is 118 Å². The maximum Gasteiger partial charge on any atom is 0.409 e. The lowest BCUT2D eigenvalue weighted by Crippen LogP contribution is -2.58. The van der Waals surface area contributed by atoms with Crippen LogP contribution in [0.3, 0.4) is 0 Å². The van der Waals surface area contributed by atoms with E-state index in [1.807, 2.05) is 24.9 Å². The van der Waals surface area contributed by atoms with Gasteiger partial charge in [0.2, 0.25) is 11.8 Å². The summed E-state index contributed by atoms with van der Waals surface area (Å²) in [6.07, 6.45) is 5.44. The molecule has 11 nitrogen and oxygen atoms in total. The molecule has 3 aliphatic heterocycles. The number of nitrogens with one attached hydrogen (secondary N) is 2. The minimum atomic E-state index is -0.220. The Morgan fingerprint density at radius 3 is 2.65 bits per heavy atom. The van der Waals surface area contributed by atoms with Crippen molar-refractivity contribution in [1.82, 2.24) is 25.1 Å². The highest BCUT2D eigenvalue weighted by Crippen LogP contribution is 2.37. The van der Waals surface area contributed by atoms with Crippen LogP contribution in [0.1, 0.15) is 44.2 Å². The van der Waals surface area contributed by atoms with Gasteiger partial charge in [-0.15, -0.1) is 0 Å². The zero-order chi connectivity index (χ0) is 23.7. The molecule has 0 saturated carbocycles. The first-order valence-electron chi connectivity index (χ1n) is 12.0. The predicted octanol–water partition coefficient (Wildman–Crippen LogP) is 3.01. The van der Waals surface area contributed by atoms with Crippen molar-refractivity contribution in [3.05, 3.63) is 17.8 Å². The maximum atomic E-state index is 12.4. The third-order valence-electron chi connectivity index (χ3n) is 7.03. The lowest BCUT2D eigenvalue weighted by Gasteiger charge is -2.49. The van der Waals surface area contributed by atoms with E-state index in [2.05, 4.69) is 20.4 Å². The first-order valence-corrected chi connectivity index (χ1v) is 12.0. The van der Waals surface area contributed by atoms with Crippen molar-refractivity contribution >= 4 is 23.7 Å². The molecule has 2 N–H and O–H groups in total. The Kier molecular flexibility index (Phi) is 6.44. The molecule has 2 aromatic rings. The molecule has 3 fully saturated rings. The molecule has 0 aromatic carbocycles. The molecule has 1 amide bonds. The van der Waals surface area contributed by atoms with Crippen molar-refractivity contribution in [1.29, 1.82) is 0 Å². The fraction of sp³-hybridized carbons (Fsp3) is 0.652. The van der Waals surface area contributed by atoms with Gasteiger partial charge >= 0.3 is 6.09 Å². The maximum absolute atomic E-state index is 12.4. The number of anilines is 3. The summed E-state index contributed by atoms with van der Waals surface area (Å²) in [5.41, 5.74) is 0.956. The molecule has 5 rings (SSSR count). The summed E-state index contributed by atoms with van der Waals surface area (Å²) >= 11 is 0. The van der Waals surface area contributed by atoms with Crippen LogP contribution in [0.15, 0.2) is 12.1 Å². The first kappa shape index (κ1) is 22.7. The number of amides is 1. The number of aromatic amines is 1. The number of piperidine rings is 2. The minimum absolute atomic E-state index is 0.0174. The van der Waals surface area contributed by atoms with Gasteiger partial charge in [0, 0.05) is 49.4 Å². The third-order valence-corrected chi connectivity index (χ3v) is 7.03. The number of rotatable bonds is 6. The van der Waals surface area contributed by atoms with Crippen molar-refractivity contribution < 1.29 is 19.0 Å². The summed E-state index contributed by atoms with van der Waals surface area (Å²) < 4.78 is 16.7. The normalized spacial score (nSPS) is 26.3. The third kappa shape index (κ3) is 4.75. The van der Waals surface area contributed by atoms with E-state index in [1.165, 1.54) is 7.11 Å². The molecular weight excluding hydrogens is 438 g/mol. The van der Waals surface area contributed by atoms with Gasteiger partial charge in [0.25, 0.3) is 0 Å². The monoisotopic (exact) mass is 471 g/mol. The number of H-pyrrole nitrogens is 1. The average Bonchev–Trinajstić information content (AvgIpc) is 3.48. The van der Waals surface area contributed by atoms with Crippen molar-refractivity contribution in [3.63, 3.8) is 0 Å². The quantitative estimate of drug-likeness (QED) is 0.655. The standard InChI is InChI=1S/C23H33N7O4/c1-14-9-20(28-27-14)24-19-12-21(34-18-7-8-33-13-18)26-22(25-19)29(2)17-10-15-5-4-6-16(11-17)30(15)23(31)32-3/h9,12,15-18H,4-8,10-11,13H2,1-3H3,(H2,24,25,26,27,28)/t15-,16+,17?,18-/m1/s1. The number of nitrogens with zero attached hydrogens (tertiary/aromatic N) is 5. The average molecular weight is 472 g/mol. The van der Waals surface area contributed by atoms with Gasteiger partial charge < -0.3 is 29.3 Å². The Morgan fingerprint density at radius 1 is 1.21 bits per heavy atom.